The van der Waals surface area contributed by atoms with Gasteiger partial charge in [-0.2, -0.15) is 5.10 Å². The average Bonchev–Trinajstić information content (AvgIpc) is 2.92. The lowest BCUT2D eigenvalue weighted by Gasteiger charge is -2.38. The zero-order valence-electron chi connectivity index (χ0n) is 11.2. The van der Waals surface area contributed by atoms with E-state index in [-0.39, 0.29) is 12.0 Å². The molecule has 0 saturated carbocycles. The molecule has 1 saturated heterocycles. The summed E-state index contributed by atoms with van der Waals surface area (Å²) >= 11 is 3.42. The van der Waals surface area contributed by atoms with Gasteiger partial charge in [-0.25, -0.2) is 4.79 Å². The summed E-state index contributed by atoms with van der Waals surface area (Å²) in [5, 5.41) is 10.1. The monoisotopic (exact) mass is 352 g/mol. The Labute approximate surface area is 128 Å². The first-order chi connectivity index (χ1) is 10.1. The molecule has 2 amide bonds. The van der Waals surface area contributed by atoms with Crippen LogP contribution < -0.4 is 5.32 Å². The van der Waals surface area contributed by atoms with E-state index in [0.29, 0.717) is 24.2 Å². The van der Waals surface area contributed by atoms with Gasteiger partial charge in [0.1, 0.15) is 6.10 Å². The number of carbonyl (C=O) groups excluding carboxylic acids is 2. The van der Waals surface area contributed by atoms with Gasteiger partial charge in [0, 0.05) is 16.9 Å². The predicted octanol–water partition coefficient (Wildman–Crippen LogP) is 1.51. The van der Waals surface area contributed by atoms with Crippen molar-refractivity contribution in [3.8, 4) is 0 Å². The topological polar surface area (TPSA) is 87.3 Å². The van der Waals surface area contributed by atoms with Crippen LogP contribution in [-0.2, 0) is 4.74 Å². The highest BCUT2D eigenvalue weighted by Gasteiger charge is 2.34. The summed E-state index contributed by atoms with van der Waals surface area (Å²) in [6.07, 6.45) is 0.942. The van der Waals surface area contributed by atoms with Crippen molar-refractivity contribution >= 4 is 38.8 Å². The SMILES string of the molecule is CNC(=O)OC1CN(C(=O)c2ccc(Br)c3cn[nH]c23)C1. The van der Waals surface area contributed by atoms with E-state index >= 15 is 0 Å². The van der Waals surface area contributed by atoms with Gasteiger partial charge >= 0.3 is 6.09 Å². The fourth-order valence-electron chi connectivity index (χ4n) is 2.24. The molecular weight excluding hydrogens is 340 g/mol. The highest BCUT2D eigenvalue weighted by atomic mass is 79.9. The number of likely N-dealkylation sites (tertiary alicyclic amines) is 1. The predicted molar refractivity (Wildman–Crippen MR) is 79.0 cm³/mol. The average molecular weight is 353 g/mol. The van der Waals surface area contributed by atoms with Crippen molar-refractivity contribution in [1.29, 1.82) is 0 Å². The van der Waals surface area contributed by atoms with E-state index < -0.39 is 6.09 Å². The Morgan fingerprint density at radius 3 is 2.95 bits per heavy atom. The minimum atomic E-state index is -0.480. The normalized spacial score (nSPS) is 14.9. The molecule has 0 aliphatic carbocycles. The lowest BCUT2D eigenvalue weighted by molar-refractivity contribution is -0.00578. The number of halogens is 1. The Morgan fingerprint density at radius 2 is 2.24 bits per heavy atom. The van der Waals surface area contributed by atoms with Crippen LogP contribution in [-0.4, -0.2) is 53.3 Å². The van der Waals surface area contributed by atoms with Crippen molar-refractivity contribution in [2.45, 2.75) is 6.10 Å². The van der Waals surface area contributed by atoms with Crippen LogP contribution in [0.15, 0.2) is 22.8 Å². The molecule has 1 aliphatic rings. The Balaban J connectivity index is 1.73. The van der Waals surface area contributed by atoms with Crippen LogP contribution in [0.25, 0.3) is 10.9 Å². The molecule has 1 fully saturated rings. The van der Waals surface area contributed by atoms with Crippen LogP contribution in [0.5, 0.6) is 0 Å². The number of rotatable bonds is 2. The number of hydrogen-bond acceptors (Lipinski definition) is 4. The van der Waals surface area contributed by atoms with Gasteiger partial charge in [0.15, 0.2) is 0 Å². The summed E-state index contributed by atoms with van der Waals surface area (Å²) in [7, 11) is 1.50. The Kier molecular flexibility index (Phi) is 3.54. The molecule has 0 bridgehead atoms. The molecule has 0 spiro atoms. The van der Waals surface area contributed by atoms with E-state index in [4.69, 9.17) is 4.74 Å². The van der Waals surface area contributed by atoms with Crippen molar-refractivity contribution in [2.24, 2.45) is 0 Å². The molecule has 8 heteroatoms. The third kappa shape index (κ3) is 2.46. The molecule has 1 aromatic carbocycles. The molecule has 1 aliphatic heterocycles. The number of aromatic amines is 1. The van der Waals surface area contributed by atoms with Crippen molar-refractivity contribution in [1.82, 2.24) is 20.4 Å². The largest absolute Gasteiger partial charge is 0.442 e. The molecule has 2 heterocycles. The van der Waals surface area contributed by atoms with E-state index in [1.54, 1.807) is 17.2 Å². The van der Waals surface area contributed by atoms with Gasteiger partial charge in [-0.15, -0.1) is 0 Å². The Hall–Kier alpha value is -2.09. The quantitative estimate of drug-likeness (QED) is 0.857. The third-order valence-corrected chi connectivity index (χ3v) is 4.10. The minimum absolute atomic E-state index is 0.103. The smallest absolute Gasteiger partial charge is 0.407 e. The van der Waals surface area contributed by atoms with E-state index in [9.17, 15) is 9.59 Å². The van der Waals surface area contributed by atoms with E-state index in [1.807, 2.05) is 6.07 Å². The number of alkyl carbamates (subject to hydrolysis) is 1. The number of benzene rings is 1. The number of ether oxygens (including phenoxy) is 1. The van der Waals surface area contributed by atoms with Gasteiger partial charge in [-0.05, 0) is 12.1 Å². The lowest BCUT2D eigenvalue weighted by Crippen LogP contribution is -2.55. The number of fused-ring (bicyclic) bond motifs is 1. The molecule has 110 valence electrons. The van der Waals surface area contributed by atoms with Gasteiger partial charge < -0.3 is 15.0 Å². The molecule has 21 heavy (non-hydrogen) atoms. The molecule has 3 rings (SSSR count). The number of carbonyl (C=O) groups is 2. The van der Waals surface area contributed by atoms with Crippen LogP contribution in [0.1, 0.15) is 10.4 Å². The molecule has 0 radical (unpaired) electrons. The standard InChI is InChI=1S/C13H13BrN4O3/c1-15-13(20)21-7-5-18(6-7)12(19)8-2-3-10(14)9-4-16-17-11(8)9/h2-4,7H,5-6H2,1H3,(H,15,20)(H,16,17). The van der Waals surface area contributed by atoms with Crippen LogP contribution >= 0.6 is 15.9 Å². The second-order valence-electron chi connectivity index (χ2n) is 4.74. The summed E-state index contributed by atoms with van der Waals surface area (Å²) in [6.45, 7) is 0.801. The minimum Gasteiger partial charge on any atom is -0.442 e. The summed E-state index contributed by atoms with van der Waals surface area (Å²) in [5.74, 6) is -0.103. The highest BCUT2D eigenvalue weighted by Crippen LogP contribution is 2.27. The highest BCUT2D eigenvalue weighted by molar-refractivity contribution is 9.10. The second kappa shape index (κ2) is 5.36. The van der Waals surface area contributed by atoms with Gasteiger partial charge in [0.2, 0.25) is 0 Å². The molecular formula is C13H13BrN4O3. The number of hydrogen-bond donors (Lipinski definition) is 2. The summed E-state index contributed by atoms with van der Waals surface area (Å²) < 4.78 is 5.95. The van der Waals surface area contributed by atoms with Crippen molar-refractivity contribution < 1.29 is 14.3 Å². The zero-order valence-corrected chi connectivity index (χ0v) is 12.8. The number of nitrogens with zero attached hydrogens (tertiary/aromatic N) is 2. The molecule has 2 N–H and O–H groups in total. The van der Waals surface area contributed by atoms with Crippen molar-refractivity contribution in [2.75, 3.05) is 20.1 Å². The van der Waals surface area contributed by atoms with E-state index in [0.717, 1.165) is 9.86 Å². The van der Waals surface area contributed by atoms with Gasteiger partial charge in [-0.3, -0.25) is 9.89 Å². The first-order valence-corrected chi connectivity index (χ1v) is 7.18. The first-order valence-electron chi connectivity index (χ1n) is 6.39. The molecule has 1 aromatic heterocycles. The molecule has 2 aromatic rings. The molecule has 0 unspecified atom stereocenters. The Morgan fingerprint density at radius 1 is 1.48 bits per heavy atom. The number of H-pyrrole nitrogens is 1. The fourth-order valence-corrected chi connectivity index (χ4v) is 2.67. The third-order valence-electron chi connectivity index (χ3n) is 3.41. The first kappa shape index (κ1) is 13.9. The summed E-state index contributed by atoms with van der Waals surface area (Å²) in [5.41, 5.74) is 1.26. The summed E-state index contributed by atoms with van der Waals surface area (Å²) in [6, 6.07) is 3.57. The van der Waals surface area contributed by atoms with Crippen LogP contribution in [0, 0.1) is 0 Å². The van der Waals surface area contributed by atoms with Gasteiger partial charge in [0.25, 0.3) is 5.91 Å². The molecule has 7 nitrogen and oxygen atoms in total. The van der Waals surface area contributed by atoms with Crippen molar-refractivity contribution in [3.63, 3.8) is 0 Å². The maximum absolute atomic E-state index is 12.5. The second-order valence-corrected chi connectivity index (χ2v) is 5.60. The lowest BCUT2D eigenvalue weighted by atomic mass is 10.1. The maximum atomic E-state index is 12.5. The number of aromatic nitrogens is 2. The Bertz CT molecular complexity index is 709. The summed E-state index contributed by atoms with van der Waals surface area (Å²) in [4.78, 5) is 25.2. The van der Waals surface area contributed by atoms with Crippen LogP contribution in [0.4, 0.5) is 4.79 Å². The van der Waals surface area contributed by atoms with Gasteiger partial charge in [-0.1, -0.05) is 15.9 Å². The number of amides is 2. The number of nitrogens with one attached hydrogen (secondary N) is 2. The van der Waals surface area contributed by atoms with Crippen LogP contribution in [0.2, 0.25) is 0 Å². The van der Waals surface area contributed by atoms with Crippen molar-refractivity contribution in [3.05, 3.63) is 28.4 Å². The fraction of sp³-hybridized carbons (Fsp3) is 0.308. The molecule has 0 atom stereocenters. The van der Waals surface area contributed by atoms with Gasteiger partial charge in [0.05, 0.1) is 30.4 Å². The zero-order chi connectivity index (χ0) is 15.0. The van der Waals surface area contributed by atoms with Crippen LogP contribution in [0.3, 0.4) is 0 Å². The van der Waals surface area contributed by atoms with E-state index in [2.05, 4.69) is 31.4 Å². The maximum Gasteiger partial charge on any atom is 0.407 e. The van der Waals surface area contributed by atoms with E-state index in [1.165, 1.54) is 7.05 Å².